The van der Waals surface area contributed by atoms with Crippen LogP contribution in [-0.4, -0.2) is 28.8 Å². The van der Waals surface area contributed by atoms with Gasteiger partial charge in [-0.3, -0.25) is 9.59 Å². The predicted octanol–water partition coefficient (Wildman–Crippen LogP) is 4.81. The highest BCUT2D eigenvalue weighted by molar-refractivity contribution is 6.31. The first-order valence-corrected chi connectivity index (χ1v) is 10.8. The second kappa shape index (κ2) is 10.1. The van der Waals surface area contributed by atoms with Crippen LogP contribution < -0.4 is 5.32 Å². The minimum atomic E-state index is -0.677. The monoisotopic (exact) mass is 430 g/mol. The van der Waals surface area contributed by atoms with Gasteiger partial charge in [0.15, 0.2) is 0 Å². The molecular weight excluding hydrogens is 403 g/mol. The summed E-state index contributed by atoms with van der Waals surface area (Å²) in [5.74, 6) is -1.03. The molecule has 1 aliphatic rings. The molecule has 3 rings (SSSR count). The van der Waals surface area contributed by atoms with Gasteiger partial charge in [0.05, 0.1) is 6.42 Å². The Morgan fingerprint density at radius 1 is 1.20 bits per heavy atom. The second-order valence-electron chi connectivity index (χ2n) is 8.05. The van der Waals surface area contributed by atoms with Gasteiger partial charge in [-0.1, -0.05) is 60.3 Å². The highest BCUT2D eigenvalue weighted by atomic mass is 35.5. The Bertz CT molecular complexity index is 892. The minimum Gasteiger partial charge on any atom is -0.352 e. The van der Waals surface area contributed by atoms with E-state index >= 15 is 0 Å². The summed E-state index contributed by atoms with van der Waals surface area (Å²) in [7, 11) is 0. The Kier molecular flexibility index (Phi) is 7.48. The average Bonchev–Trinajstić information content (AvgIpc) is 3.21. The zero-order valence-corrected chi connectivity index (χ0v) is 18.2. The van der Waals surface area contributed by atoms with Gasteiger partial charge in [0.2, 0.25) is 11.8 Å². The third-order valence-electron chi connectivity index (χ3n) is 5.69. The topological polar surface area (TPSA) is 49.4 Å². The quantitative estimate of drug-likeness (QED) is 0.685. The first-order chi connectivity index (χ1) is 14.3. The molecule has 1 saturated carbocycles. The highest BCUT2D eigenvalue weighted by Gasteiger charge is 2.29. The summed E-state index contributed by atoms with van der Waals surface area (Å²) < 4.78 is 14.2. The van der Waals surface area contributed by atoms with Gasteiger partial charge in [0.1, 0.15) is 11.9 Å². The molecule has 0 radical (unpaired) electrons. The third kappa shape index (κ3) is 5.60. The number of halogens is 2. The number of aryl methyl sites for hydroxylation is 1. The summed E-state index contributed by atoms with van der Waals surface area (Å²) in [5, 5.41) is 3.27. The van der Waals surface area contributed by atoms with E-state index < -0.39 is 11.9 Å². The van der Waals surface area contributed by atoms with Crippen LogP contribution >= 0.6 is 11.6 Å². The molecule has 1 atom stereocenters. The van der Waals surface area contributed by atoms with E-state index in [4.69, 9.17) is 11.6 Å². The van der Waals surface area contributed by atoms with Crippen LogP contribution in [-0.2, 0) is 22.6 Å². The summed E-state index contributed by atoms with van der Waals surface area (Å²) in [5.41, 5.74) is 2.14. The van der Waals surface area contributed by atoms with Crippen LogP contribution in [0.15, 0.2) is 42.5 Å². The van der Waals surface area contributed by atoms with Crippen LogP contribution in [0, 0.1) is 12.7 Å². The molecule has 4 nitrogen and oxygen atoms in total. The lowest BCUT2D eigenvalue weighted by atomic mass is 10.1. The van der Waals surface area contributed by atoms with Crippen LogP contribution in [0.2, 0.25) is 5.02 Å². The molecule has 6 heteroatoms. The Labute approximate surface area is 182 Å². The van der Waals surface area contributed by atoms with E-state index in [2.05, 4.69) is 5.32 Å². The van der Waals surface area contributed by atoms with Gasteiger partial charge < -0.3 is 10.2 Å². The number of nitrogens with one attached hydrogen (secondary N) is 1. The molecule has 160 valence electrons. The van der Waals surface area contributed by atoms with E-state index in [0.717, 1.165) is 36.8 Å². The van der Waals surface area contributed by atoms with E-state index in [9.17, 15) is 14.0 Å². The summed E-state index contributed by atoms with van der Waals surface area (Å²) in [4.78, 5) is 27.6. The van der Waals surface area contributed by atoms with Crippen molar-refractivity contribution in [1.29, 1.82) is 0 Å². The number of carbonyl (C=O) groups excluding carboxylic acids is 2. The van der Waals surface area contributed by atoms with E-state index in [1.807, 2.05) is 31.2 Å². The number of hydrogen-bond acceptors (Lipinski definition) is 2. The minimum absolute atomic E-state index is 0.154. The molecule has 0 aliphatic heterocycles. The van der Waals surface area contributed by atoms with Gasteiger partial charge in [-0.25, -0.2) is 4.39 Å². The molecule has 2 amide bonds. The second-order valence-corrected chi connectivity index (χ2v) is 8.46. The molecule has 0 spiro atoms. The summed E-state index contributed by atoms with van der Waals surface area (Å²) >= 11 is 6.12. The van der Waals surface area contributed by atoms with Gasteiger partial charge in [-0.15, -0.1) is 0 Å². The summed E-state index contributed by atoms with van der Waals surface area (Å²) in [6.07, 6.45) is 3.96. The van der Waals surface area contributed by atoms with Crippen molar-refractivity contribution in [1.82, 2.24) is 10.2 Å². The third-order valence-corrected chi connectivity index (χ3v) is 6.05. The zero-order chi connectivity index (χ0) is 21.7. The molecule has 0 bridgehead atoms. The van der Waals surface area contributed by atoms with Gasteiger partial charge >= 0.3 is 0 Å². The van der Waals surface area contributed by atoms with Crippen LogP contribution in [0.5, 0.6) is 0 Å². The average molecular weight is 431 g/mol. The van der Waals surface area contributed by atoms with E-state index in [1.165, 1.54) is 17.0 Å². The molecule has 2 aromatic carbocycles. The van der Waals surface area contributed by atoms with Crippen LogP contribution in [0.1, 0.15) is 49.3 Å². The molecule has 0 heterocycles. The first kappa shape index (κ1) is 22.3. The van der Waals surface area contributed by atoms with Crippen molar-refractivity contribution < 1.29 is 14.0 Å². The lowest BCUT2D eigenvalue weighted by Gasteiger charge is -2.30. The maximum Gasteiger partial charge on any atom is 0.242 e. The lowest BCUT2D eigenvalue weighted by molar-refractivity contribution is -0.140. The van der Waals surface area contributed by atoms with Crippen molar-refractivity contribution in [2.45, 2.75) is 64.6 Å². The maximum absolute atomic E-state index is 14.2. The smallest absolute Gasteiger partial charge is 0.242 e. The molecule has 1 aliphatic carbocycles. The van der Waals surface area contributed by atoms with Crippen LogP contribution in [0.25, 0.3) is 0 Å². The van der Waals surface area contributed by atoms with Crippen LogP contribution in [0.3, 0.4) is 0 Å². The zero-order valence-electron chi connectivity index (χ0n) is 17.5. The van der Waals surface area contributed by atoms with Crippen molar-refractivity contribution in [2.24, 2.45) is 0 Å². The number of nitrogens with zero attached hydrogens (tertiary/aromatic N) is 1. The molecule has 1 unspecified atom stereocenters. The van der Waals surface area contributed by atoms with E-state index in [0.29, 0.717) is 0 Å². The SMILES string of the molecule is Cc1cccc(CN(C(=O)Cc2c(F)cccc2Cl)C(C)C(=O)NC2CCCC2)c1. The molecule has 0 saturated heterocycles. The van der Waals surface area contributed by atoms with Gasteiger partial charge in [-0.2, -0.15) is 0 Å². The summed E-state index contributed by atoms with van der Waals surface area (Å²) in [6, 6.07) is 11.6. The normalized spacial score (nSPS) is 15.1. The largest absolute Gasteiger partial charge is 0.352 e. The van der Waals surface area contributed by atoms with Crippen molar-refractivity contribution in [2.75, 3.05) is 0 Å². The van der Waals surface area contributed by atoms with Crippen molar-refractivity contribution in [3.05, 3.63) is 70.0 Å². The standard InChI is InChI=1S/C24H28ClFN2O2/c1-16-7-5-8-18(13-16)15-28(17(2)24(30)27-19-9-3-4-10-19)23(29)14-20-21(25)11-6-12-22(20)26/h5-8,11-13,17,19H,3-4,9-10,14-15H2,1-2H3,(H,27,30). The van der Waals surface area contributed by atoms with Crippen molar-refractivity contribution in [3.63, 3.8) is 0 Å². The number of rotatable bonds is 7. The highest BCUT2D eigenvalue weighted by Crippen LogP contribution is 2.22. The van der Waals surface area contributed by atoms with E-state index in [-0.39, 0.29) is 41.4 Å². The number of amides is 2. The Morgan fingerprint density at radius 2 is 1.90 bits per heavy atom. The lowest BCUT2D eigenvalue weighted by Crippen LogP contribution is -2.50. The van der Waals surface area contributed by atoms with Gasteiger partial charge in [0.25, 0.3) is 0 Å². The first-order valence-electron chi connectivity index (χ1n) is 10.4. The molecule has 0 aromatic heterocycles. The molecule has 30 heavy (non-hydrogen) atoms. The molecular formula is C24H28ClFN2O2. The molecule has 2 aromatic rings. The fourth-order valence-corrected chi connectivity index (χ4v) is 4.17. The Balaban J connectivity index is 1.82. The fraction of sp³-hybridized carbons (Fsp3) is 0.417. The number of benzene rings is 2. The van der Waals surface area contributed by atoms with Gasteiger partial charge in [-0.05, 0) is 44.4 Å². The maximum atomic E-state index is 14.2. The van der Waals surface area contributed by atoms with E-state index in [1.54, 1.807) is 13.0 Å². The fourth-order valence-electron chi connectivity index (χ4n) is 3.94. The van der Waals surface area contributed by atoms with Crippen molar-refractivity contribution in [3.8, 4) is 0 Å². The Hall–Kier alpha value is -2.40. The molecule has 1 fully saturated rings. The number of carbonyl (C=O) groups is 2. The van der Waals surface area contributed by atoms with Gasteiger partial charge in [0, 0.05) is 23.2 Å². The predicted molar refractivity (Wildman–Crippen MR) is 117 cm³/mol. The summed E-state index contributed by atoms with van der Waals surface area (Å²) in [6.45, 7) is 3.97. The molecule has 1 N–H and O–H groups in total. The van der Waals surface area contributed by atoms with Crippen molar-refractivity contribution >= 4 is 23.4 Å². The number of hydrogen-bond donors (Lipinski definition) is 1. The Morgan fingerprint density at radius 3 is 2.57 bits per heavy atom. The van der Waals surface area contributed by atoms with Crippen LogP contribution in [0.4, 0.5) is 4.39 Å².